The second-order valence-corrected chi connectivity index (χ2v) is 9.50. The molecular formula is C21H24N4O4S. The predicted octanol–water partition coefficient (Wildman–Crippen LogP) is 2.08. The van der Waals surface area contributed by atoms with Gasteiger partial charge in [-0.25, -0.2) is 18.1 Å². The van der Waals surface area contributed by atoms with E-state index in [0.29, 0.717) is 12.2 Å². The number of sulfonamides is 1. The molecule has 9 heteroatoms. The van der Waals surface area contributed by atoms with Gasteiger partial charge in [0, 0.05) is 36.8 Å². The van der Waals surface area contributed by atoms with Crippen LogP contribution in [-0.2, 0) is 26.0 Å². The number of nitrogens with zero attached hydrogens (tertiary/aromatic N) is 2. The fraction of sp³-hybridized carbons (Fsp3) is 0.381. The van der Waals surface area contributed by atoms with E-state index < -0.39 is 10.0 Å². The van der Waals surface area contributed by atoms with Gasteiger partial charge in [-0.2, -0.15) is 0 Å². The fourth-order valence-corrected chi connectivity index (χ4v) is 4.74. The largest absolute Gasteiger partial charge is 0.311 e. The van der Waals surface area contributed by atoms with Crippen LogP contribution in [0.1, 0.15) is 31.7 Å². The molecule has 1 aromatic carbocycles. The number of benzene rings is 1. The summed E-state index contributed by atoms with van der Waals surface area (Å²) in [5.74, 6) is 0.339. The summed E-state index contributed by atoms with van der Waals surface area (Å²) in [5.41, 5.74) is 1.65. The number of nitrogens with one attached hydrogen (secondary N) is 2. The van der Waals surface area contributed by atoms with Gasteiger partial charge >= 0.3 is 0 Å². The van der Waals surface area contributed by atoms with Crippen molar-refractivity contribution in [2.24, 2.45) is 5.92 Å². The molecule has 2 amide bonds. The zero-order chi connectivity index (χ0) is 21.3. The molecule has 0 radical (unpaired) electrons. The number of amides is 2. The van der Waals surface area contributed by atoms with Crippen molar-refractivity contribution in [3.8, 4) is 0 Å². The Balaban J connectivity index is 1.38. The van der Waals surface area contributed by atoms with Crippen LogP contribution in [0.4, 0.5) is 11.5 Å². The van der Waals surface area contributed by atoms with Gasteiger partial charge in [0.05, 0.1) is 4.90 Å². The third-order valence-electron chi connectivity index (χ3n) is 5.32. The summed E-state index contributed by atoms with van der Waals surface area (Å²) in [6.45, 7) is 1.95. The minimum absolute atomic E-state index is 0.0125. The molecule has 4 rings (SSSR count). The average molecular weight is 429 g/mol. The third kappa shape index (κ3) is 4.36. The topological polar surface area (TPSA) is 108 Å². The molecule has 30 heavy (non-hydrogen) atoms. The maximum Gasteiger partial charge on any atom is 0.240 e. The van der Waals surface area contributed by atoms with Crippen molar-refractivity contribution in [1.82, 2.24) is 9.71 Å². The molecule has 1 aliphatic carbocycles. The van der Waals surface area contributed by atoms with Crippen LogP contribution in [0.5, 0.6) is 0 Å². The first-order valence-electron chi connectivity index (χ1n) is 10.0. The van der Waals surface area contributed by atoms with Crippen LogP contribution in [0.25, 0.3) is 0 Å². The van der Waals surface area contributed by atoms with Gasteiger partial charge in [0.1, 0.15) is 5.82 Å². The van der Waals surface area contributed by atoms with Gasteiger partial charge in [0.25, 0.3) is 0 Å². The summed E-state index contributed by atoms with van der Waals surface area (Å²) in [4.78, 5) is 30.5. The van der Waals surface area contributed by atoms with Gasteiger partial charge < -0.3 is 10.2 Å². The SMILES string of the molecule is CC1Cc2cc(S(=O)(=O)NCCC(=O)Nc3ccccn3)ccc2N1C(=O)C1CC1. The molecule has 158 valence electrons. The molecule has 2 aliphatic rings. The molecule has 0 saturated heterocycles. The number of fused-ring (bicyclic) bond motifs is 1. The van der Waals surface area contributed by atoms with Gasteiger partial charge in [-0.05, 0) is 62.1 Å². The first-order chi connectivity index (χ1) is 14.3. The normalized spacial score (nSPS) is 18.2. The van der Waals surface area contributed by atoms with Crippen molar-refractivity contribution >= 4 is 33.3 Å². The lowest BCUT2D eigenvalue weighted by Gasteiger charge is -2.22. The van der Waals surface area contributed by atoms with E-state index in [1.807, 2.05) is 6.92 Å². The predicted molar refractivity (Wildman–Crippen MR) is 112 cm³/mol. The smallest absolute Gasteiger partial charge is 0.240 e. The molecule has 0 bridgehead atoms. The van der Waals surface area contributed by atoms with Gasteiger partial charge in [-0.3, -0.25) is 9.59 Å². The van der Waals surface area contributed by atoms with Crippen molar-refractivity contribution in [3.05, 3.63) is 48.2 Å². The number of hydrogen-bond donors (Lipinski definition) is 2. The van der Waals surface area contributed by atoms with Crippen molar-refractivity contribution in [2.45, 2.75) is 43.5 Å². The number of anilines is 2. The number of rotatable bonds is 7. The number of pyridine rings is 1. The van der Waals surface area contributed by atoms with Gasteiger partial charge in [-0.1, -0.05) is 6.07 Å². The van der Waals surface area contributed by atoms with E-state index in [0.717, 1.165) is 24.1 Å². The molecule has 0 spiro atoms. The summed E-state index contributed by atoms with van der Waals surface area (Å²) < 4.78 is 27.8. The molecule has 2 heterocycles. The first kappa shape index (κ1) is 20.5. The first-order valence-corrected chi connectivity index (χ1v) is 11.5. The molecule has 8 nitrogen and oxygen atoms in total. The maximum atomic E-state index is 12.7. The van der Waals surface area contributed by atoms with E-state index in [4.69, 9.17) is 0 Å². The molecule has 1 fully saturated rings. The lowest BCUT2D eigenvalue weighted by atomic mass is 10.1. The van der Waals surface area contributed by atoms with E-state index >= 15 is 0 Å². The summed E-state index contributed by atoms with van der Waals surface area (Å²) in [6.07, 6.45) is 4.04. The Morgan fingerprint density at radius 2 is 2.00 bits per heavy atom. The van der Waals surface area contributed by atoms with E-state index in [9.17, 15) is 18.0 Å². The minimum Gasteiger partial charge on any atom is -0.311 e. The minimum atomic E-state index is -3.76. The van der Waals surface area contributed by atoms with Gasteiger partial charge in [-0.15, -0.1) is 0 Å². The van der Waals surface area contributed by atoms with Crippen LogP contribution >= 0.6 is 0 Å². The highest BCUT2D eigenvalue weighted by atomic mass is 32.2. The zero-order valence-corrected chi connectivity index (χ0v) is 17.5. The molecule has 2 N–H and O–H groups in total. The van der Waals surface area contributed by atoms with Crippen molar-refractivity contribution in [1.29, 1.82) is 0 Å². The van der Waals surface area contributed by atoms with Crippen LogP contribution in [0.15, 0.2) is 47.5 Å². The zero-order valence-electron chi connectivity index (χ0n) is 16.7. The number of hydrogen-bond acceptors (Lipinski definition) is 5. The Morgan fingerprint density at radius 3 is 2.70 bits per heavy atom. The van der Waals surface area contributed by atoms with Crippen molar-refractivity contribution in [2.75, 3.05) is 16.8 Å². The molecule has 1 aliphatic heterocycles. The Bertz CT molecular complexity index is 1070. The average Bonchev–Trinajstić information content (AvgIpc) is 3.50. The van der Waals surface area contributed by atoms with Crippen LogP contribution < -0.4 is 14.9 Å². The number of carbonyl (C=O) groups is 2. The summed E-state index contributed by atoms with van der Waals surface area (Å²) >= 11 is 0. The highest BCUT2D eigenvalue weighted by Crippen LogP contribution is 2.39. The maximum absolute atomic E-state index is 12.7. The lowest BCUT2D eigenvalue weighted by Crippen LogP contribution is -2.36. The van der Waals surface area contributed by atoms with E-state index in [2.05, 4.69) is 15.0 Å². The Labute approximate surface area is 175 Å². The summed E-state index contributed by atoms with van der Waals surface area (Å²) in [6, 6.07) is 10.0. The van der Waals surface area contributed by atoms with Crippen molar-refractivity contribution < 1.29 is 18.0 Å². The molecule has 2 aromatic rings. The molecule has 1 unspecified atom stereocenters. The van der Waals surface area contributed by atoms with Crippen LogP contribution in [-0.4, -0.2) is 37.8 Å². The highest BCUT2D eigenvalue weighted by molar-refractivity contribution is 7.89. The van der Waals surface area contributed by atoms with Gasteiger partial charge in [0.2, 0.25) is 21.8 Å². The van der Waals surface area contributed by atoms with Crippen molar-refractivity contribution in [3.63, 3.8) is 0 Å². The van der Waals surface area contributed by atoms with Crippen LogP contribution in [0, 0.1) is 5.92 Å². The molecule has 1 aromatic heterocycles. The second-order valence-electron chi connectivity index (χ2n) is 7.74. The Morgan fingerprint density at radius 1 is 1.20 bits per heavy atom. The van der Waals surface area contributed by atoms with E-state index in [1.165, 1.54) is 6.07 Å². The van der Waals surface area contributed by atoms with Crippen LogP contribution in [0.3, 0.4) is 0 Å². The second kappa shape index (κ2) is 8.16. The highest BCUT2D eigenvalue weighted by Gasteiger charge is 2.39. The lowest BCUT2D eigenvalue weighted by molar-refractivity contribution is -0.120. The summed E-state index contributed by atoms with van der Waals surface area (Å²) in [7, 11) is -3.76. The fourth-order valence-electron chi connectivity index (χ4n) is 3.66. The quantitative estimate of drug-likeness (QED) is 0.702. The standard InChI is InChI=1S/C21H24N4O4S/c1-14-12-16-13-17(7-8-18(16)25(14)21(27)15-5-6-15)30(28,29)23-11-9-20(26)24-19-4-2-3-10-22-19/h2-4,7-8,10,13-15,23H,5-6,9,11-12H2,1H3,(H,22,24,26). The Hall–Kier alpha value is -2.78. The molecular weight excluding hydrogens is 404 g/mol. The summed E-state index contributed by atoms with van der Waals surface area (Å²) in [5, 5.41) is 2.61. The molecule has 1 atom stereocenters. The van der Waals surface area contributed by atoms with Crippen LogP contribution in [0.2, 0.25) is 0 Å². The number of carbonyl (C=O) groups excluding carboxylic acids is 2. The molecule has 1 saturated carbocycles. The third-order valence-corrected chi connectivity index (χ3v) is 6.78. The monoisotopic (exact) mass is 428 g/mol. The number of aromatic nitrogens is 1. The van der Waals surface area contributed by atoms with Gasteiger partial charge in [0.15, 0.2) is 0 Å². The Kier molecular flexibility index (Phi) is 5.57. The van der Waals surface area contributed by atoms with E-state index in [-0.39, 0.29) is 41.6 Å². The van der Waals surface area contributed by atoms with E-state index in [1.54, 1.807) is 41.4 Å².